The maximum atomic E-state index is 10.3. The van der Waals surface area contributed by atoms with Crippen LogP contribution in [0.2, 0.25) is 0 Å². The predicted molar refractivity (Wildman–Crippen MR) is 66.1 cm³/mol. The number of carbonyl (C=O) groups excluding carboxylic acids is 1. The topological polar surface area (TPSA) is 61.1 Å². The summed E-state index contributed by atoms with van der Waals surface area (Å²) in [7, 11) is 0. The minimum absolute atomic E-state index is 0. The maximum Gasteiger partial charge on any atom is 0.0532 e. The minimum atomic E-state index is -0.536. The number of unbranched alkanes of at least 4 members (excludes halogenated alkanes) is 2. The van der Waals surface area contributed by atoms with E-state index in [1.54, 1.807) is 0 Å². The third-order valence-electron chi connectivity index (χ3n) is 1.97. The van der Waals surface area contributed by atoms with Gasteiger partial charge in [0.25, 0.3) is 0 Å². The van der Waals surface area contributed by atoms with Crippen molar-refractivity contribution in [3.05, 3.63) is 41.6 Å². The van der Waals surface area contributed by atoms with Gasteiger partial charge >= 0.3 is 0 Å². The summed E-state index contributed by atoms with van der Waals surface area (Å²) in [5, 5.41) is 8.20. The number of amides is 1. The molecule has 0 aromatic heterocycles. The summed E-state index contributed by atoms with van der Waals surface area (Å²) >= 11 is 0. The van der Waals surface area contributed by atoms with Crippen molar-refractivity contribution < 1.29 is 42.6 Å². The Morgan fingerprint density at radius 3 is 2.18 bits per heavy atom. The van der Waals surface area contributed by atoms with E-state index >= 15 is 0 Å². The van der Waals surface area contributed by atoms with Gasteiger partial charge in [-0.25, -0.2) is 0 Å². The molecule has 0 spiro atoms. The van der Waals surface area contributed by atoms with Crippen molar-refractivity contribution in [2.75, 3.05) is 6.61 Å². The van der Waals surface area contributed by atoms with E-state index in [0.717, 1.165) is 18.4 Å². The van der Waals surface area contributed by atoms with Gasteiger partial charge in [0.15, 0.2) is 0 Å². The van der Waals surface area contributed by atoms with E-state index in [2.05, 4.69) is 6.92 Å². The molecular weight excluding hydrogens is 291 g/mol. The molecule has 0 saturated heterocycles. The van der Waals surface area contributed by atoms with Crippen LogP contribution in [-0.4, -0.2) is 17.6 Å². The van der Waals surface area contributed by atoms with Crippen LogP contribution in [0.3, 0.4) is 0 Å². The molecule has 0 unspecified atom stereocenters. The molecule has 1 aromatic carbocycles. The van der Waals surface area contributed by atoms with Gasteiger partial charge in [-0.15, -0.1) is 0 Å². The Labute approximate surface area is 129 Å². The molecule has 0 bridgehead atoms. The second-order valence-electron chi connectivity index (χ2n) is 3.52. The van der Waals surface area contributed by atoms with Gasteiger partial charge in [-0.3, -0.25) is 0 Å². The quantitative estimate of drug-likeness (QED) is 0.850. The predicted octanol–water partition coefficient (Wildman–Crippen LogP) is 2.97. The van der Waals surface area contributed by atoms with Crippen LogP contribution in [0.25, 0.3) is 5.73 Å². The number of carbonyl (C=O) groups is 1. The van der Waals surface area contributed by atoms with E-state index in [1.165, 1.54) is 6.42 Å². The molecule has 0 heterocycles. The molecule has 0 aliphatic rings. The second-order valence-corrected chi connectivity index (χ2v) is 3.52. The molecule has 2 N–H and O–H groups in total. The van der Waals surface area contributed by atoms with Crippen LogP contribution in [0.5, 0.6) is 0 Å². The first-order valence-electron chi connectivity index (χ1n) is 5.60. The average Bonchev–Trinajstić information content (AvgIpc) is 2.28. The van der Waals surface area contributed by atoms with Gasteiger partial charge in [0.1, 0.15) is 0 Å². The van der Waals surface area contributed by atoms with E-state index in [0.29, 0.717) is 6.61 Å². The summed E-state index contributed by atoms with van der Waals surface area (Å²) in [5.41, 5.74) is 7.58. The standard InChI is InChI=1S/C8H9NO.C5H12O.Y/c9-8(10)6-7-4-2-1-3-5-7;1-2-3-4-5-6;/h1-5H,6H2,(H2,9,10);6H,2-5H2,1H3;/p-1. The number of hydrogen-bond acceptors (Lipinski definition) is 2. The van der Waals surface area contributed by atoms with Crippen LogP contribution in [0.4, 0.5) is 0 Å². The molecule has 17 heavy (non-hydrogen) atoms. The number of hydrogen-bond donors (Lipinski definition) is 1. The van der Waals surface area contributed by atoms with Gasteiger partial charge in [0, 0.05) is 45.7 Å². The van der Waals surface area contributed by atoms with Crippen LogP contribution in [0.1, 0.15) is 31.7 Å². The number of aliphatic hydroxyl groups is 1. The third-order valence-corrected chi connectivity index (χ3v) is 1.97. The fourth-order valence-corrected chi connectivity index (χ4v) is 1.14. The fourth-order valence-electron chi connectivity index (χ4n) is 1.14. The Balaban J connectivity index is 0. The Hall–Kier alpha value is -0.246. The van der Waals surface area contributed by atoms with Gasteiger partial charge in [-0.2, -0.15) is 0 Å². The van der Waals surface area contributed by atoms with Gasteiger partial charge in [0.2, 0.25) is 0 Å². The van der Waals surface area contributed by atoms with Gasteiger partial charge in [-0.1, -0.05) is 50.1 Å². The molecule has 3 nitrogen and oxygen atoms in total. The number of aliphatic hydroxyl groups excluding tert-OH is 1. The Bertz CT molecular complexity index is 274. The SMILES string of the molecule is CCCCCO.[NH-]C(=O)Cc1ccccc1.[Y]. The summed E-state index contributed by atoms with van der Waals surface area (Å²) in [4.78, 5) is 10.3. The van der Waals surface area contributed by atoms with Crippen LogP contribution in [0.15, 0.2) is 30.3 Å². The van der Waals surface area contributed by atoms with Gasteiger partial charge in [-0.05, 0) is 12.0 Å². The first-order chi connectivity index (χ1) is 7.70. The van der Waals surface area contributed by atoms with Crippen molar-refractivity contribution in [2.45, 2.75) is 32.6 Å². The minimum Gasteiger partial charge on any atom is -0.667 e. The zero-order chi connectivity index (χ0) is 12.2. The molecule has 0 saturated carbocycles. The van der Waals surface area contributed by atoms with Crippen LogP contribution in [0, 0.1) is 0 Å². The van der Waals surface area contributed by atoms with Crippen molar-refractivity contribution in [1.29, 1.82) is 0 Å². The molecule has 1 aromatic rings. The fraction of sp³-hybridized carbons (Fsp3) is 0.462. The molecular formula is C13H20NO2Y-. The summed E-state index contributed by atoms with van der Waals surface area (Å²) < 4.78 is 0. The first kappa shape index (κ1) is 19.1. The summed E-state index contributed by atoms with van der Waals surface area (Å²) in [5.74, 6) is -0.536. The summed E-state index contributed by atoms with van der Waals surface area (Å²) in [6.07, 6.45) is 3.55. The molecule has 1 radical (unpaired) electrons. The largest absolute Gasteiger partial charge is 0.667 e. The molecule has 0 fully saturated rings. The average molecular weight is 311 g/mol. The molecule has 1 rings (SSSR count). The van der Waals surface area contributed by atoms with E-state index in [1.807, 2.05) is 30.3 Å². The molecule has 0 aliphatic carbocycles. The molecule has 1 amide bonds. The van der Waals surface area contributed by atoms with Crippen LogP contribution in [-0.2, 0) is 43.9 Å². The number of rotatable bonds is 5. The van der Waals surface area contributed by atoms with E-state index in [-0.39, 0.29) is 39.1 Å². The van der Waals surface area contributed by atoms with Crippen molar-refractivity contribution in [2.24, 2.45) is 0 Å². The Morgan fingerprint density at radius 2 is 1.82 bits per heavy atom. The number of nitrogens with one attached hydrogen (secondary N) is 1. The Kier molecular flexibility index (Phi) is 15.5. The maximum absolute atomic E-state index is 10.3. The third kappa shape index (κ3) is 13.7. The number of benzene rings is 1. The normalized spacial score (nSPS) is 8.59. The second kappa shape index (κ2) is 13.8. The zero-order valence-electron chi connectivity index (χ0n) is 10.4. The Morgan fingerprint density at radius 1 is 1.24 bits per heavy atom. The van der Waals surface area contributed by atoms with Crippen molar-refractivity contribution in [3.8, 4) is 0 Å². The van der Waals surface area contributed by atoms with E-state index < -0.39 is 5.91 Å². The molecule has 0 atom stereocenters. The summed E-state index contributed by atoms with van der Waals surface area (Å²) in [6, 6.07) is 9.29. The monoisotopic (exact) mass is 311 g/mol. The molecule has 0 aliphatic heterocycles. The van der Waals surface area contributed by atoms with Crippen LogP contribution < -0.4 is 0 Å². The van der Waals surface area contributed by atoms with Gasteiger partial charge < -0.3 is 15.6 Å². The van der Waals surface area contributed by atoms with Crippen molar-refractivity contribution >= 4 is 5.91 Å². The molecule has 93 valence electrons. The van der Waals surface area contributed by atoms with E-state index in [4.69, 9.17) is 10.8 Å². The van der Waals surface area contributed by atoms with E-state index in [9.17, 15) is 4.79 Å². The van der Waals surface area contributed by atoms with Crippen LogP contribution >= 0.6 is 0 Å². The zero-order valence-corrected chi connectivity index (χ0v) is 13.2. The first-order valence-corrected chi connectivity index (χ1v) is 5.60. The smallest absolute Gasteiger partial charge is 0.0532 e. The van der Waals surface area contributed by atoms with Gasteiger partial charge in [0.05, 0.1) is 5.91 Å². The molecule has 4 heteroatoms. The van der Waals surface area contributed by atoms with Crippen molar-refractivity contribution in [1.82, 2.24) is 0 Å². The summed E-state index contributed by atoms with van der Waals surface area (Å²) in [6.45, 7) is 2.48. The van der Waals surface area contributed by atoms with Crippen molar-refractivity contribution in [3.63, 3.8) is 0 Å².